The van der Waals surface area contributed by atoms with Gasteiger partial charge in [0.25, 0.3) is 0 Å². The summed E-state index contributed by atoms with van der Waals surface area (Å²) in [6.07, 6.45) is 14.7. The summed E-state index contributed by atoms with van der Waals surface area (Å²) in [6.45, 7) is 12.3. The van der Waals surface area contributed by atoms with Gasteiger partial charge < -0.3 is 27.7 Å². The van der Waals surface area contributed by atoms with Crippen LogP contribution in [0.2, 0.25) is 0 Å². The molecule has 5 heterocycles. The number of hydrogen-bond donors (Lipinski definition) is 0. The van der Waals surface area contributed by atoms with E-state index in [2.05, 4.69) is 167 Å². The van der Waals surface area contributed by atoms with E-state index in [-0.39, 0.29) is 17.9 Å². The molecule has 11 aromatic rings. The predicted octanol–water partition coefficient (Wildman–Crippen LogP) is 17.3. The Bertz CT molecular complexity index is 4050. The molecule has 0 amide bonds. The minimum atomic E-state index is -0.359. The first-order valence-electron chi connectivity index (χ1n) is 30.1. The Kier molecular flexibility index (Phi) is 18.1. The molecule has 0 N–H and O–H groups in total. The number of allylic oxidation sites excluding steroid dienone is 2. The molecule has 12 rings (SSSR count). The first-order chi connectivity index (χ1) is 41.2. The number of aromatic nitrogens is 8. The Morgan fingerprint density at radius 2 is 1.15 bits per heavy atom. The number of imidazole rings is 4. The van der Waals surface area contributed by atoms with Crippen molar-refractivity contribution in [3.05, 3.63) is 191 Å². The van der Waals surface area contributed by atoms with Crippen molar-refractivity contribution in [1.29, 1.82) is 0 Å². The van der Waals surface area contributed by atoms with Gasteiger partial charge in [-0.25, -0.2) is 29.5 Å². The number of ether oxygens (including phenoxy) is 2. The third-order valence-corrected chi connectivity index (χ3v) is 17.2. The zero-order valence-electron chi connectivity index (χ0n) is 49.4. The number of unbranched alkanes of at least 4 members (excludes halogenated alkanes) is 2. The maximum atomic E-state index is 12.5. The van der Waals surface area contributed by atoms with Crippen molar-refractivity contribution in [3.8, 4) is 33.5 Å². The molecule has 0 radical (unpaired) electrons. The summed E-state index contributed by atoms with van der Waals surface area (Å²) in [5, 5.41) is 2.12. The van der Waals surface area contributed by atoms with Crippen molar-refractivity contribution in [1.82, 2.24) is 38.2 Å². The summed E-state index contributed by atoms with van der Waals surface area (Å²) in [5.41, 5.74) is 15.1. The molecular formula is C71H76N8O4S. The second kappa shape index (κ2) is 26.4. The van der Waals surface area contributed by atoms with E-state index in [9.17, 15) is 9.59 Å². The van der Waals surface area contributed by atoms with E-state index >= 15 is 0 Å². The number of carbonyl (C=O) groups excluding carboxylic acids is 2. The molecule has 0 saturated carbocycles. The highest BCUT2D eigenvalue weighted by atomic mass is 32.1. The van der Waals surface area contributed by atoms with Gasteiger partial charge in [0.1, 0.15) is 17.5 Å². The van der Waals surface area contributed by atoms with Crippen LogP contribution in [0.3, 0.4) is 0 Å². The number of thiophene rings is 1. The third kappa shape index (κ3) is 12.2. The Morgan fingerprint density at radius 3 is 1.73 bits per heavy atom. The average Bonchev–Trinajstić information content (AvgIpc) is 2.32. The molecule has 1 aliphatic rings. The van der Waals surface area contributed by atoms with Gasteiger partial charge in [0.15, 0.2) is 5.82 Å². The van der Waals surface area contributed by atoms with Gasteiger partial charge in [0.05, 0.1) is 74.4 Å². The van der Waals surface area contributed by atoms with E-state index in [1.807, 2.05) is 36.4 Å². The average molecular weight is 1140 g/mol. The highest BCUT2D eigenvalue weighted by molar-refractivity contribution is 7.13. The monoisotopic (exact) mass is 1140 g/mol. The maximum Gasteiger partial charge on any atom is 0.337 e. The minimum Gasteiger partial charge on any atom is -0.465 e. The Labute approximate surface area is 496 Å². The summed E-state index contributed by atoms with van der Waals surface area (Å²) in [5.74, 6) is 3.93. The van der Waals surface area contributed by atoms with Crippen LogP contribution in [0.4, 0.5) is 0 Å². The van der Waals surface area contributed by atoms with E-state index in [1.54, 1.807) is 11.3 Å². The Balaban J connectivity index is 0.000000189. The lowest BCUT2D eigenvalue weighted by Gasteiger charge is -2.20. The lowest BCUT2D eigenvalue weighted by Crippen LogP contribution is -2.09. The fourth-order valence-corrected chi connectivity index (χ4v) is 12.9. The van der Waals surface area contributed by atoms with E-state index in [1.165, 1.54) is 43.8 Å². The number of esters is 2. The quantitative estimate of drug-likeness (QED) is 0.0515. The maximum absolute atomic E-state index is 12.5. The summed E-state index contributed by atoms with van der Waals surface area (Å²) < 4.78 is 19.5. The fourth-order valence-electron chi connectivity index (χ4n) is 12.2. The molecule has 6 aromatic carbocycles. The van der Waals surface area contributed by atoms with Gasteiger partial charge in [0.2, 0.25) is 0 Å². The molecule has 84 heavy (non-hydrogen) atoms. The van der Waals surface area contributed by atoms with E-state index in [4.69, 9.17) is 29.4 Å². The van der Waals surface area contributed by atoms with Gasteiger partial charge in [0, 0.05) is 49.6 Å². The number of hydrogen-bond acceptors (Lipinski definition) is 9. The van der Waals surface area contributed by atoms with Gasteiger partial charge in [-0.15, -0.1) is 11.3 Å². The number of rotatable bonds is 21. The molecule has 12 nitrogen and oxygen atoms in total. The molecule has 1 aliphatic carbocycles. The van der Waals surface area contributed by atoms with Crippen LogP contribution in [-0.2, 0) is 42.1 Å². The van der Waals surface area contributed by atoms with Crippen molar-refractivity contribution in [3.63, 3.8) is 0 Å². The minimum absolute atomic E-state index is 0.225. The normalized spacial score (nSPS) is 12.6. The van der Waals surface area contributed by atoms with Gasteiger partial charge >= 0.3 is 11.9 Å². The van der Waals surface area contributed by atoms with Gasteiger partial charge in [-0.3, -0.25) is 0 Å². The van der Waals surface area contributed by atoms with Gasteiger partial charge in [-0.05, 0) is 141 Å². The van der Waals surface area contributed by atoms with Crippen LogP contribution in [-0.4, -0.2) is 64.4 Å². The lowest BCUT2D eigenvalue weighted by molar-refractivity contribution is 0.0592. The van der Waals surface area contributed by atoms with Crippen LogP contribution in [0.15, 0.2) is 163 Å². The van der Waals surface area contributed by atoms with E-state index < -0.39 is 0 Å². The Hall–Kier alpha value is -8.42. The molecule has 430 valence electrons. The molecule has 13 heteroatoms. The predicted molar refractivity (Wildman–Crippen MR) is 342 cm³/mol. The smallest absolute Gasteiger partial charge is 0.337 e. The molecule has 0 fully saturated rings. The van der Waals surface area contributed by atoms with Crippen LogP contribution < -0.4 is 0 Å². The SMILES string of the molecule is CCCCc1nc2cccc(-c3nc4cc(C(=O)OC)ccc4n3CC(C)C)c2n1CCCC.COC(=O)c1ccc2c(c1)nc(-c1cccc3nc(-c4cccs4)n(CCC(c4ccccc4)c4ccccc4)c13)n2CCC1=CCCCC1. The molecule has 0 atom stereocenters. The molecule has 0 saturated heterocycles. The molecule has 0 bridgehead atoms. The van der Waals surface area contributed by atoms with Gasteiger partial charge in [-0.2, -0.15) is 0 Å². The topological polar surface area (TPSA) is 124 Å². The van der Waals surface area contributed by atoms with E-state index in [0.717, 1.165) is 167 Å². The number of nitrogens with zero attached hydrogens (tertiary/aromatic N) is 8. The van der Waals surface area contributed by atoms with Crippen LogP contribution >= 0.6 is 11.3 Å². The first kappa shape index (κ1) is 57.4. The van der Waals surface area contributed by atoms with Crippen molar-refractivity contribution >= 4 is 67.4 Å². The van der Waals surface area contributed by atoms with Gasteiger partial charge in [-0.1, -0.05) is 131 Å². The second-order valence-electron chi connectivity index (χ2n) is 22.5. The molecule has 5 aromatic heterocycles. The summed E-state index contributed by atoms with van der Waals surface area (Å²) in [6, 6.07) is 50.0. The number of para-hydroxylation sites is 2. The summed E-state index contributed by atoms with van der Waals surface area (Å²) in [7, 11) is 2.82. The molecule has 0 spiro atoms. The zero-order chi connectivity index (χ0) is 58.1. The van der Waals surface area contributed by atoms with Crippen LogP contribution in [0.5, 0.6) is 0 Å². The fraction of sp³-hybridized carbons (Fsp3) is 0.324. The highest BCUT2D eigenvalue weighted by Gasteiger charge is 2.25. The van der Waals surface area contributed by atoms with Crippen molar-refractivity contribution in [2.24, 2.45) is 5.92 Å². The first-order valence-corrected chi connectivity index (χ1v) is 31.0. The van der Waals surface area contributed by atoms with E-state index in [0.29, 0.717) is 17.0 Å². The van der Waals surface area contributed by atoms with Crippen LogP contribution in [0.25, 0.3) is 77.6 Å². The second-order valence-corrected chi connectivity index (χ2v) is 23.4. The number of aryl methyl sites for hydroxylation is 4. The number of carbonyl (C=O) groups is 2. The van der Waals surface area contributed by atoms with Crippen molar-refractivity contribution < 1.29 is 19.1 Å². The summed E-state index contributed by atoms with van der Waals surface area (Å²) in [4.78, 5) is 46.5. The van der Waals surface area contributed by atoms with Crippen molar-refractivity contribution in [2.45, 2.75) is 130 Å². The Morgan fingerprint density at radius 1 is 0.560 bits per heavy atom. The van der Waals surface area contributed by atoms with Crippen molar-refractivity contribution in [2.75, 3.05) is 14.2 Å². The number of fused-ring (bicyclic) bond motifs is 4. The third-order valence-electron chi connectivity index (χ3n) is 16.3. The largest absolute Gasteiger partial charge is 0.465 e. The standard InChI is InChI=1S/C43H40N4O2S.C28H36N4O2/c1-49-43(48)33-22-23-38-37(29-33)45-41(46(38)26-24-30-13-5-2-6-14-30)35-19-11-20-36-40(35)47(42(44-36)39-21-12-28-50-39)27-25-34(31-15-7-3-8-16-31)32-17-9-4-10-18-32;1-6-8-13-25-29-22-12-10-11-21(26(22)31(25)16-9-7-2)27-30-23-17-20(28(33)34-5)14-15-24(23)32(27)18-19(3)4/h3-4,7-13,15-23,28-29,34H,2,5-6,14,24-27H2,1H3;10-12,14-15,17,19H,6-9,13,16,18H2,1-5H3. The lowest BCUT2D eigenvalue weighted by atomic mass is 9.88. The van der Waals surface area contributed by atoms with Crippen LogP contribution in [0.1, 0.15) is 135 Å². The summed E-state index contributed by atoms with van der Waals surface area (Å²) >= 11 is 1.72. The molecular weight excluding hydrogens is 1060 g/mol. The highest BCUT2D eigenvalue weighted by Crippen LogP contribution is 2.39. The zero-order valence-corrected chi connectivity index (χ0v) is 50.2. The molecule has 0 unspecified atom stereocenters. The number of benzene rings is 6. The van der Waals surface area contributed by atoms with Crippen LogP contribution in [0, 0.1) is 5.92 Å². The number of methoxy groups -OCH3 is 2. The molecule has 0 aliphatic heterocycles.